The summed E-state index contributed by atoms with van der Waals surface area (Å²) in [7, 11) is 1.49. The average Bonchev–Trinajstić information content (AvgIpc) is 3.56. The van der Waals surface area contributed by atoms with E-state index in [1.165, 1.54) is 13.2 Å². The minimum atomic E-state index is -0.477. The Hall–Kier alpha value is -2.93. The molecule has 0 saturated heterocycles. The molecular weight excluding hydrogens is 399 g/mol. The first-order valence-electron chi connectivity index (χ1n) is 10.5. The van der Waals surface area contributed by atoms with Crippen molar-refractivity contribution >= 4 is 11.8 Å². The molecule has 2 amide bonds. The largest absolute Gasteiger partial charge is 0.467 e. The molecule has 0 spiro atoms. The van der Waals surface area contributed by atoms with Gasteiger partial charge in [0.05, 0.1) is 0 Å². The van der Waals surface area contributed by atoms with E-state index < -0.39 is 5.82 Å². The van der Waals surface area contributed by atoms with Gasteiger partial charge in [-0.2, -0.15) is 0 Å². The smallest absolute Gasteiger partial charge is 0.251 e. The molecule has 0 bridgehead atoms. The summed E-state index contributed by atoms with van der Waals surface area (Å²) >= 11 is 0. The number of halogens is 1. The van der Waals surface area contributed by atoms with Crippen LogP contribution in [-0.2, 0) is 4.74 Å². The number of amides is 2. The molecule has 0 aromatic heterocycles. The highest BCUT2D eigenvalue weighted by atomic mass is 19.1. The van der Waals surface area contributed by atoms with Crippen molar-refractivity contribution in [2.24, 2.45) is 5.92 Å². The fraction of sp³-hybridized carbons (Fsp3) is 0.417. The molecule has 0 heterocycles. The van der Waals surface area contributed by atoms with E-state index in [1.54, 1.807) is 31.2 Å². The van der Waals surface area contributed by atoms with Gasteiger partial charge in [0.2, 0.25) is 0 Å². The van der Waals surface area contributed by atoms with E-state index in [2.05, 4.69) is 10.6 Å². The van der Waals surface area contributed by atoms with Crippen LogP contribution in [0.3, 0.4) is 0 Å². The fourth-order valence-electron chi connectivity index (χ4n) is 3.11. The Labute approximate surface area is 182 Å². The lowest BCUT2D eigenvalue weighted by Crippen LogP contribution is -2.27. The predicted octanol–water partition coefficient (Wildman–Crippen LogP) is 4.06. The van der Waals surface area contributed by atoms with Crippen LogP contribution in [0.4, 0.5) is 4.39 Å². The van der Waals surface area contributed by atoms with Crippen LogP contribution in [0.15, 0.2) is 30.3 Å². The minimum Gasteiger partial charge on any atom is -0.467 e. The van der Waals surface area contributed by atoms with Crippen LogP contribution in [0.25, 0.3) is 11.1 Å². The van der Waals surface area contributed by atoms with Gasteiger partial charge in [0.1, 0.15) is 11.6 Å². The third-order valence-electron chi connectivity index (χ3n) is 5.06. The molecule has 1 aliphatic rings. The molecule has 2 aromatic rings. The third-order valence-corrected chi connectivity index (χ3v) is 5.06. The van der Waals surface area contributed by atoms with Gasteiger partial charge in [0, 0.05) is 36.4 Å². The monoisotopic (exact) mass is 428 g/mol. The van der Waals surface area contributed by atoms with Crippen molar-refractivity contribution in [2.75, 3.05) is 20.4 Å². The van der Waals surface area contributed by atoms with E-state index in [-0.39, 0.29) is 30.2 Å². The van der Waals surface area contributed by atoms with E-state index in [0.29, 0.717) is 40.5 Å². The van der Waals surface area contributed by atoms with Gasteiger partial charge in [-0.15, -0.1) is 0 Å². The Balaban J connectivity index is 1.98. The number of methoxy groups -OCH3 is 1. The second-order valence-electron chi connectivity index (χ2n) is 8.24. The first kappa shape index (κ1) is 22.7. The Bertz CT molecular complexity index is 970. The molecule has 6 nitrogen and oxygen atoms in total. The van der Waals surface area contributed by atoms with Crippen LogP contribution in [0.1, 0.15) is 53.0 Å². The van der Waals surface area contributed by atoms with Gasteiger partial charge in [0.25, 0.3) is 11.8 Å². The summed E-state index contributed by atoms with van der Waals surface area (Å²) < 4.78 is 25.4. The van der Waals surface area contributed by atoms with Gasteiger partial charge in [-0.25, -0.2) is 4.39 Å². The first-order chi connectivity index (χ1) is 14.8. The second kappa shape index (κ2) is 9.92. The molecule has 1 aliphatic carbocycles. The minimum absolute atomic E-state index is 0.0343. The van der Waals surface area contributed by atoms with E-state index in [0.717, 1.165) is 12.8 Å². The molecule has 1 saturated carbocycles. The average molecular weight is 429 g/mol. The zero-order chi connectivity index (χ0) is 22.5. The molecule has 2 aromatic carbocycles. The van der Waals surface area contributed by atoms with Gasteiger partial charge in [-0.1, -0.05) is 13.8 Å². The van der Waals surface area contributed by atoms with E-state index in [1.807, 2.05) is 13.8 Å². The summed E-state index contributed by atoms with van der Waals surface area (Å²) in [6, 6.07) is 8.06. The maximum Gasteiger partial charge on any atom is 0.251 e. The Kier molecular flexibility index (Phi) is 7.28. The molecule has 2 N–H and O–H groups in total. The quantitative estimate of drug-likeness (QED) is 0.591. The summed E-state index contributed by atoms with van der Waals surface area (Å²) in [6.07, 6.45) is 1.89. The topological polar surface area (TPSA) is 76.7 Å². The van der Waals surface area contributed by atoms with Crippen molar-refractivity contribution in [3.63, 3.8) is 0 Å². The molecule has 3 rings (SSSR count). The second-order valence-corrected chi connectivity index (χ2v) is 8.24. The van der Waals surface area contributed by atoms with Gasteiger partial charge >= 0.3 is 0 Å². The SMILES string of the molecule is COCOc1cc(C(=O)NCC(C)C)ccc1-c1cc(C(=O)NC2CC2)cc(F)c1C. The number of ether oxygens (including phenoxy) is 2. The van der Waals surface area contributed by atoms with Gasteiger partial charge in [-0.3, -0.25) is 9.59 Å². The van der Waals surface area contributed by atoms with Crippen LogP contribution < -0.4 is 15.4 Å². The lowest BCUT2D eigenvalue weighted by Gasteiger charge is -2.16. The van der Waals surface area contributed by atoms with Crippen molar-refractivity contribution in [3.8, 4) is 16.9 Å². The Morgan fingerprint density at radius 3 is 2.48 bits per heavy atom. The molecule has 0 aliphatic heterocycles. The molecular formula is C24H29FN2O4. The molecule has 1 fully saturated rings. The zero-order valence-corrected chi connectivity index (χ0v) is 18.4. The summed E-state index contributed by atoms with van der Waals surface area (Å²) in [6.45, 7) is 6.20. The number of hydrogen-bond acceptors (Lipinski definition) is 4. The van der Waals surface area contributed by atoms with Gasteiger partial charge in [-0.05, 0) is 67.1 Å². The normalized spacial score (nSPS) is 13.2. The summed E-state index contributed by atoms with van der Waals surface area (Å²) in [5, 5.41) is 5.75. The number of carbonyl (C=O) groups is 2. The van der Waals surface area contributed by atoms with Crippen molar-refractivity contribution in [1.82, 2.24) is 10.6 Å². The van der Waals surface area contributed by atoms with Crippen LogP contribution in [0, 0.1) is 18.7 Å². The first-order valence-corrected chi connectivity index (χ1v) is 10.5. The number of carbonyl (C=O) groups excluding carboxylic acids is 2. The Morgan fingerprint density at radius 1 is 1.10 bits per heavy atom. The maximum absolute atomic E-state index is 14.7. The van der Waals surface area contributed by atoms with Crippen molar-refractivity contribution in [1.29, 1.82) is 0 Å². The van der Waals surface area contributed by atoms with Gasteiger partial charge in [0.15, 0.2) is 6.79 Å². The number of benzene rings is 2. The molecule has 0 unspecified atom stereocenters. The lowest BCUT2D eigenvalue weighted by atomic mass is 9.95. The number of hydrogen-bond donors (Lipinski definition) is 2. The molecule has 0 radical (unpaired) electrons. The highest BCUT2D eigenvalue weighted by Crippen LogP contribution is 2.35. The summed E-state index contributed by atoms with van der Waals surface area (Å²) in [5.74, 6) is -0.298. The zero-order valence-electron chi connectivity index (χ0n) is 18.4. The van der Waals surface area contributed by atoms with Crippen LogP contribution in [-0.4, -0.2) is 38.3 Å². The summed E-state index contributed by atoms with van der Waals surface area (Å²) in [4.78, 5) is 25.0. The molecule has 31 heavy (non-hydrogen) atoms. The summed E-state index contributed by atoms with van der Waals surface area (Å²) in [5.41, 5.74) is 2.18. The van der Waals surface area contributed by atoms with E-state index >= 15 is 0 Å². The van der Waals surface area contributed by atoms with E-state index in [4.69, 9.17) is 9.47 Å². The third kappa shape index (κ3) is 5.82. The van der Waals surface area contributed by atoms with E-state index in [9.17, 15) is 14.0 Å². The molecule has 0 atom stereocenters. The highest BCUT2D eigenvalue weighted by Gasteiger charge is 2.25. The number of nitrogens with one attached hydrogen (secondary N) is 2. The maximum atomic E-state index is 14.7. The van der Waals surface area contributed by atoms with Crippen molar-refractivity contribution in [2.45, 2.75) is 39.7 Å². The van der Waals surface area contributed by atoms with Crippen LogP contribution >= 0.6 is 0 Å². The van der Waals surface area contributed by atoms with Crippen molar-refractivity contribution < 1.29 is 23.5 Å². The number of rotatable bonds is 9. The lowest BCUT2D eigenvalue weighted by molar-refractivity contribution is 0.0514. The standard InChI is InChI=1S/C24H29FN2O4/c1-14(2)12-26-23(28)16-5-8-19(22(11-16)31-13-30-4)20-9-17(10-21(25)15(20)3)24(29)27-18-6-7-18/h5,8-11,14,18H,6-7,12-13H2,1-4H3,(H,26,28)(H,27,29). The molecule has 7 heteroatoms. The van der Waals surface area contributed by atoms with Crippen molar-refractivity contribution in [3.05, 3.63) is 52.8 Å². The van der Waals surface area contributed by atoms with Crippen LogP contribution in [0.2, 0.25) is 0 Å². The van der Waals surface area contributed by atoms with Crippen LogP contribution in [0.5, 0.6) is 5.75 Å². The fourth-order valence-corrected chi connectivity index (χ4v) is 3.11. The molecule has 166 valence electrons. The Morgan fingerprint density at radius 2 is 1.84 bits per heavy atom. The predicted molar refractivity (Wildman–Crippen MR) is 117 cm³/mol. The van der Waals surface area contributed by atoms with Gasteiger partial charge < -0.3 is 20.1 Å². The highest BCUT2D eigenvalue weighted by molar-refractivity contribution is 5.98.